The molecule has 3 rings (SSSR count). The Morgan fingerprint density at radius 1 is 1.12 bits per heavy atom. The van der Waals surface area contributed by atoms with Crippen LogP contribution in [-0.4, -0.2) is 20.9 Å². The second-order valence-corrected chi connectivity index (χ2v) is 7.47. The van der Waals surface area contributed by atoms with Crippen LogP contribution in [0.3, 0.4) is 0 Å². The number of rotatable bonds is 5. The van der Waals surface area contributed by atoms with Crippen molar-refractivity contribution < 1.29 is 4.79 Å². The van der Waals surface area contributed by atoms with E-state index in [1.54, 1.807) is 17.5 Å². The Balaban J connectivity index is 1.80. The van der Waals surface area contributed by atoms with Gasteiger partial charge in [0.1, 0.15) is 0 Å². The molecular weight excluding hydrogens is 346 g/mol. The minimum atomic E-state index is -0.0715. The van der Waals surface area contributed by atoms with Gasteiger partial charge in [0.2, 0.25) is 11.9 Å². The van der Waals surface area contributed by atoms with E-state index in [9.17, 15) is 4.79 Å². The van der Waals surface area contributed by atoms with Crippen LogP contribution in [0.4, 0.5) is 17.3 Å². The monoisotopic (exact) mass is 367 g/mol. The summed E-state index contributed by atoms with van der Waals surface area (Å²) in [6, 6.07) is 9.37. The van der Waals surface area contributed by atoms with E-state index in [0.29, 0.717) is 5.95 Å². The highest BCUT2D eigenvalue weighted by molar-refractivity contribution is 7.15. The lowest BCUT2D eigenvalue weighted by Crippen LogP contribution is -2.17. The van der Waals surface area contributed by atoms with Crippen molar-refractivity contribution in [3.63, 3.8) is 0 Å². The number of aromatic nitrogens is 3. The van der Waals surface area contributed by atoms with E-state index in [-0.39, 0.29) is 11.8 Å². The molecular formula is C19H21N5OS. The summed E-state index contributed by atoms with van der Waals surface area (Å²) in [5.74, 6) is 0.412. The quantitative estimate of drug-likeness (QED) is 0.691. The molecule has 1 amide bonds. The summed E-state index contributed by atoms with van der Waals surface area (Å²) in [5, 5.41) is 7.10. The van der Waals surface area contributed by atoms with Crippen molar-refractivity contribution in [2.45, 2.75) is 27.7 Å². The van der Waals surface area contributed by atoms with E-state index >= 15 is 0 Å². The van der Waals surface area contributed by atoms with Crippen molar-refractivity contribution in [2.75, 3.05) is 10.6 Å². The van der Waals surface area contributed by atoms with E-state index in [1.165, 1.54) is 0 Å². The maximum Gasteiger partial charge on any atom is 0.227 e. The molecule has 2 N–H and O–H groups in total. The van der Waals surface area contributed by atoms with Crippen molar-refractivity contribution in [1.29, 1.82) is 0 Å². The van der Waals surface area contributed by atoms with Gasteiger partial charge in [-0.15, -0.1) is 11.3 Å². The van der Waals surface area contributed by atoms with Crippen molar-refractivity contribution >= 4 is 34.6 Å². The Morgan fingerprint density at radius 2 is 1.88 bits per heavy atom. The third-order valence-corrected chi connectivity index (χ3v) is 4.80. The number of hydrogen-bond donors (Lipinski definition) is 2. The topological polar surface area (TPSA) is 79.8 Å². The number of aryl methyl sites for hydroxylation is 2. The van der Waals surface area contributed by atoms with Crippen LogP contribution in [0, 0.1) is 19.8 Å². The first-order valence-corrected chi connectivity index (χ1v) is 9.19. The largest absolute Gasteiger partial charge is 0.326 e. The van der Waals surface area contributed by atoms with Crippen LogP contribution in [0.2, 0.25) is 0 Å². The van der Waals surface area contributed by atoms with Crippen LogP contribution in [-0.2, 0) is 4.79 Å². The number of anilines is 3. The summed E-state index contributed by atoms with van der Waals surface area (Å²) < 4.78 is 0. The van der Waals surface area contributed by atoms with Gasteiger partial charge in [0.05, 0.1) is 21.3 Å². The van der Waals surface area contributed by atoms with Gasteiger partial charge in [0.25, 0.3) is 0 Å². The Hall–Kier alpha value is -2.80. The molecule has 26 heavy (non-hydrogen) atoms. The number of thiazole rings is 1. The molecule has 0 aliphatic rings. The minimum absolute atomic E-state index is 0.0172. The highest BCUT2D eigenvalue weighted by Crippen LogP contribution is 2.29. The second-order valence-electron chi connectivity index (χ2n) is 6.26. The number of amides is 1. The van der Waals surface area contributed by atoms with E-state index in [1.807, 2.05) is 58.0 Å². The van der Waals surface area contributed by atoms with Gasteiger partial charge in [0.15, 0.2) is 0 Å². The fraction of sp³-hybridized carbons (Fsp3) is 0.263. The molecule has 0 radical (unpaired) electrons. The van der Waals surface area contributed by atoms with Crippen molar-refractivity contribution in [3.8, 4) is 10.6 Å². The molecule has 0 aliphatic heterocycles. The number of nitrogens with one attached hydrogen (secondary N) is 2. The predicted molar refractivity (Wildman–Crippen MR) is 106 cm³/mol. The summed E-state index contributed by atoms with van der Waals surface area (Å²) >= 11 is 1.62. The molecule has 3 aromatic rings. The average molecular weight is 367 g/mol. The molecule has 1 aromatic carbocycles. The van der Waals surface area contributed by atoms with Crippen LogP contribution >= 0.6 is 11.3 Å². The zero-order valence-corrected chi connectivity index (χ0v) is 16.0. The number of carbonyl (C=O) groups excluding carboxylic acids is 1. The van der Waals surface area contributed by atoms with Crippen LogP contribution in [0.15, 0.2) is 36.5 Å². The van der Waals surface area contributed by atoms with E-state index in [4.69, 9.17) is 0 Å². The van der Waals surface area contributed by atoms with Crippen LogP contribution < -0.4 is 10.6 Å². The molecule has 2 heterocycles. The highest BCUT2D eigenvalue weighted by Gasteiger charge is 2.11. The molecule has 0 saturated carbocycles. The lowest BCUT2D eigenvalue weighted by molar-refractivity contribution is -0.118. The van der Waals surface area contributed by atoms with E-state index in [0.717, 1.165) is 32.6 Å². The second kappa shape index (κ2) is 7.61. The fourth-order valence-electron chi connectivity index (χ4n) is 2.40. The third-order valence-electron chi connectivity index (χ3n) is 3.70. The summed E-state index contributed by atoms with van der Waals surface area (Å²) in [4.78, 5) is 26.2. The van der Waals surface area contributed by atoms with Gasteiger partial charge in [-0.2, -0.15) is 0 Å². The first-order valence-electron chi connectivity index (χ1n) is 8.38. The zero-order chi connectivity index (χ0) is 18.7. The van der Waals surface area contributed by atoms with Crippen LogP contribution in [0.25, 0.3) is 10.6 Å². The normalized spacial score (nSPS) is 10.8. The summed E-state index contributed by atoms with van der Waals surface area (Å²) in [7, 11) is 0. The standard InChI is InChI=1S/C19H21N5OS/c1-11(2)18(25)22-14-6-5-7-15(10-14)23-19-20-9-8-16(24-19)17-12(3)21-13(4)26-17/h5-11H,1-4H3,(H,22,25)(H,20,23,24). The lowest BCUT2D eigenvalue weighted by atomic mass is 10.2. The van der Waals surface area contributed by atoms with E-state index < -0.39 is 0 Å². The predicted octanol–water partition coefficient (Wildman–Crippen LogP) is 4.56. The molecule has 0 spiro atoms. The maximum absolute atomic E-state index is 11.9. The third kappa shape index (κ3) is 4.23. The highest BCUT2D eigenvalue weighted by atomic mass is 32.1. The summed E-state index contributed by atoms with van der Waals surface area (Å²) in [5.41, 5.74) is 3.35. The molecule has 0 unspecified atom stereocenters. The van der Waals surface area contributed by atoms with E-state index in [2.05, 4.69) is 25.6 Å². The smallest absolute Gasteiger partial charge is 0.227 e. The van der Waals surface area contributed by atoms with Gasteiger partial charge in [-0.25, -0.2) is 15.0 Å². The van der Waals surface area contributed by atoms with Gasteiger partial charge in [-0.1, -0.05) is 19.9 Å². The lowest BCUT2D eigenvalue weighted by Gasteiger charge is -2.10. The fourth-order valence-corrected chi connectivity index (χ4v) is 3.29. The van der Waals surface area contributed by atoms with Crippen molar-refractivity contribution in [3.05, 3.63) is 47.2 Å². The molecule has 134 valence electrons. The minimum Gasteiger partial charge on any atom is -0.326 e. The first kappa shape index (κ1) is 18.0. The molecule has 2 aromatic heterocycles. The molecule has 7 heteroatoms. The van der Waals surface area contributed by atoms with Crippen molar-refractivity contribution in [1.82, 2.24) is 15.0 Å². The Labute approximate surface area is 156 Å². The first-order chi connectivity index (χ1) is 12.4. The molecule has 0 bridgehead atoms. The number of benzene rings is 1. The maximum atomic E-state index is 11.9. The molecule has 0 fully saturated rings. The number of carbonyl (C=O) groups is 1. The average Bonchev–Trinajstić information content (AvgIpc) is 2.94. The Kier molecular flexibility index (Phi) is 5.27. The molecule has 0 saturated heterocycles. The molecule has 6 nitrogen and oxygen atoms in total. The zero-order valence-electron chi connectivity index (χ0n) is 15.2. The SMILES string of the molecule is Cc1nc(C)c(-c2ccnc(Nc3cccc(NC(=O)C(C)C)c3)n2)s1. The summed E-state index contributed by atoms with van der Waals surface area (Å²) in [6.45, 7) is 7.69. The number of nitrogens with zero attached hydrogens (tertiary/aromatic N) is 3. The molecule has 0 aliphatic carbocycles. The van der Waals surface area contributed by atoms with Gasteiger partial charge >= 0.3 is 0 Å². The van der Waals surface area contributed by atoms with Crippen molar-refractivity contribution in [2.24, 2.45) is 5.92 Å². The summed E-state index contributed by atoms with van der Waals surface area (Å²) in [6.07, 6.45) is 1.73. The van der Waals surface area contributed by atoms with Gasteiger partial charge < -0.3 is 10.6 Å². The van der Waals surface area contributed by atoms with Gasteiger partial charge in [0, 0.05) is 23.5 Å². The number of hydrogen-bond acceptors (Lipinski definition) is 6. The van der Waals surface area contributed by atoms with Crippen LogP contribution in [0.1, 0.15) is 24.5 Å². The van der Waals surface area contributed by atoms with Crippen LogP contribution in [0.5, 0.6) is 0 Å². The van der Waals surface area contributed by atoms with Gasteiger partial charge in [-0.3, -0.25) is 4.79 Å². The molecule has 0 atom stereocenters. The Morgan fingerprint density at radius 3 is 2.58 bits per heavy atom. The Bertz CT molecular complexity index is 935. The van der Waals surface area contributed by atoms with Gasteiger partial charge in [-0.05, 0) is 38.1 Å².